The number of pyridine rings is 1. The van der Waals surface area contributed by atoms with Gasteiger partial charge in [-0.25, -0.2) is 4.98 Å². The zero-order chi connectivity index (χ0) is 19.6. The maximum absolute atomic E-state index is 12.8. The van der Waals surface area contributed by atoms with Crippen LogP contribution in [-0.2, 0) is 11.0 Å². The molecule has 2 heterocycles. The van der Waals surface area contributed by atoms with Crippen LogP contribution in [0.5, 0.6) is 5.88 Å². The number of halogens is 3. The Bertz CT molecular complexity index is 870. The summed E-state index contributed by atoms with van der Waals surface area (Å²) in [4.78, 5) is 31.7. The van der Waals surface area contributed by atoms with Gasteiger partial charge in [-0.2, -0.15) is 13.2 Å². The molecule has 0 bridgehead atoms. The van der Waals surface area contributed by atoms with Gasteiger partial charge in [-0.15, -0.1) is 0 Å². The Morgan fingerprint density at radius 2 is 1.96 bits per heavy atom. The van der Waals surface area contributed by atoms with E-state index in [1.54, 1.807) is 12.1 Å². The standard InChI is InChI=1S/C18H16F3N3O3/c1-27-15-10-14(5-6-22-15)24-8-7-23(11-16(24)25)17(26)12-3-2-4-13(9-12)18(19,20)21/h2-6,9-10H,7-8,11H2,1H3. The molecule has 3 rings (SSSR count). The van der Waals surface area contributed by atoms with E-state index in [1.165, 1.54) is 35.2 Å². The first kappa shape index (κ1) is 18.7. The summed E-state index contributed by atoms with van der Waals surface area (Å²) in [6.45, 7) is 0.196. The van der Waals surface area contributed by atoms with Gasteiger partial charge >= 0.3 is 6.18 Å². The van der Waals surface area contributed by atoms with Crippen molar-refractivity contribution >= 4 is 17.5 Å². The van der Waals surface area contributed by atoms with E-state index in [2.05, 4.69) is 4.98 Å². The minimum Gasteiger partial charge on any atom is -0.481 e. The minimum atomic E-state index is -4.54. The molecule has 1 saturated heterocycles. The molecule has 1 aromatic carbocycles. The van der Waals surface area contributed by atoms with E-state index in [0.717, 1.165) is 12.1 Å². The van der Waals surface area contributed by atoms with Crippen molar-refractivity contribution in [3.8, 4) is 5.88 Å². The molecule has 1 aromatic heterocycles. The lowest BCUT2D eigenvalue weighted by molar-refractivity contribution is -0.137. The summed E-state index contributed by atoms with van der Waals surface area (Å²) >= 11 is 0. The molecule has 0 N–H and O–H groups in total. The van der Waals surface area contributed by atoms with Crippen LogP contribution < -0.4 is 9.64 Å². The average Bonchev–Trinajstić information content (AvgIpc) is 2.66. The molecule has 2 amide bonds. The second-order valence-electron chi connectivity index (χ2n) is 5.91. The Hall–Kier alpha value is -3.10. The molecule has 27 heavy (non-hydrogen) atoms. The van der Waals surface area contributed by atoms with E-state index in [-0.39, 0.29) is 31.1 Å². The zero-order valence-electron chi connectivity index (χ0n) is 14.4. The number of carbonyl (C=O) groups excluding carboxylic acids is 2. The summed E-state index contributed by atoms with van der Waals surface area (Å²) in [5.74, 6) is -0.598. The van der Waals surface area contributed by atoms with Gasteiger partial charge in [-0.05, 0) is 24.3 Å². The number of hydrogen-bond donors (Lipinski definition) is 0. The van der Waals surface area contributed by atoms with Gasteiger partial charge < -0.3 is 14.5 Å². The molecule has 1 fully saturated rings. The number of ether oxygens (including phenoxy) is 1. The van der Waals surface area contributed by atoms with Crippen molar-refractivity contribution < 1.29 is 27.5 Å². The Kier molecular flexibility index (Phi) is 5.02. The monoisotopic (exact) mass is 379 g/mol. The topological polar surface area (TPSA) is 62.7 Å². The highest BCUT2D eigenvalue weighted by Gasteiger charge is 2.33. The molecule has 142 valence electrons. The van der Waals surface area contributed by atoms with Crippen LogP contribution in [0.4, 0.5) is 18.9 Å². The lowest BCUT2D eigenvalue weighted by atomic mass is 10.1. The van der Waals surface area contributed by atoms with Gasteiger partial charge in [0.05, 0.1) is 18.4 Å². The lowest BCUT2D eigenvalue weighted by Gasteiger charge is -2.34. The number of nitrogens with zero attached hydrogens (tertiary/aromatic N) is 3. The highest BCUT2D eigenvalue weighted by molar-refractivity contribution is 6.01. The number of hydrogen-bond acceptors (Lipinski definition) is 4. The normalized spacial score (nSPS) is 15.0. The third-order valence-electron chi connectivity index (χ3n) is 4.18. The van der Waals surface area contributed by atoms with Crippen LogP contribution in [0.3, 0.4) is 0 Å². The molecule has 1 aliphatic heterocycles. The van der Waals surface area contributed by atoms with Crippen LogP contribution in [0.2, 0.25) is 0 Å². The summed E-state index contributed by atoms with van der Waals surface area (Å²) in [5, 5.41) is 0. The van der Waals surface area contributed by atoms with Crippen LogP contribution in [0.25, 0.3) is 0 Å². The summed E-state index contributed by atoms with van der Waals surface area (Å²) in [6.07, 6.45) is -3.03. The number of aromatic nitrogens is 1. The molecule has 1 aliphatic rings. The minimum absolute atomic E-state index is 0.100. The number of amides is 2. The van der Waals surface area contributed by atoms with Crippen LogP contribution in [0, 0.1) is 0 Å². The SMILES string of the molecule is COc1cc(N2CCN(C(=O)c3cccc(C(F)(F)F)c3)CC2=O)ccn1. The van der Waals surface area contributed by atoms with Crippen molar-refractivity contribution in [2.75, 3.05) is 31.6 Å². The van der Waals surface area contributed by atoms with Crippen molar-refractivity contribution in [2.45, 2.75) is 6.18 Å². The van der Waals surface area contributed by atoms with Gasteiger partial charge in [0.25, 0.3) is 5.91 Å². The first-order chi connectivity index (χ1) is 12.8. The molecule has 0 spiro atoms. The fraction of sp³-hybridized carbons (Fsp3) is 0.278. The molecule has 2 aromatic rings. The highest BCUT2D eigenvalue weighted by Crippen LogP contribution is 2.30. The van der Waals surface area contributed by atoms with E-state index in [4.69, 9.17) is 4.74 Å². The third-order valence-corrected chi connectivity index (χ3v) is 4.18. The van der Waals surface area contributed by atoms with Gasteiger partial charge in [0, 0.05) is 30.9 Å². The number of anilines is 1. The molecule has 0 radical (unpaired) electrons. The molecular formula is C18H16F3N3O3. The highest BCUT2D eigenvalue weighted by atomic mass is 19.4. The molecule has 0 saturated carbocycles. The maximum Gasteiger partial charge on any atom is 0.416 e. The number of carbonyl (C=O) groups is 2. The van der Waals surface area contributed by atoms with Gasteiger partial charge in [0.15, 0.2) is 0 Å². The molecule has 0 aliphatic carbocycles. The van der Waals surface area contributed by atoms with Crippen LogP contribution in [0.1, 0.15) is 15.9 Å². The summed E-state index contributed by atoms with van der Waals surface area (Å²) in [6, 6.07) is 7.43. The van der Waals surface area contributed by atoms with Gasteiger partial charge in [0.1, 0.15) is 6.54 Å². The zero-order valence-corrected chi connectivity index (χ0v) is 14.4. The van der Waals surface area contributed by atoms with Gasteiger partial charge in [-0.3, -0.25) is 9.59 Å². The summed E-state index contributed by atoms with van der Waals surface area (Å²) in [5.41, 5.74) is -0.420. The van der Waals surface area contributed by atoms with Crippen LogP contribution in [0.15, 0.2) is 42.6 Å². The number of benzene rings is 1. The lowest BCUT2D eigenvalue weighted by Crippen LogP contribution is -2.52. The number of piperazine rings is 1. The van der Waals surface area contributed by atoms with Gasteiger partial charge in [0.2, 0.25) is 11.8 Å². The quantitative estimate of drug-likeness (QED) is 0.823. The van der Waals surface area contributed by atoms with E-state index in [0.29, 0.717) is 11.6 Å². The molecule has 0 atom stereocenters. The second-order valence-corrected chi connectivity index (χ2v) is 5.91. The Morgan fingerprint density at radius 3 is 2.63 bits per heavy atom. The first-order valence-electron chi connectivity index (χ1n) is 8.06. The molecule has 9 heteroatoms. The first-order valence-corrected chi connectivity index (χ1v) is 8.06. The fourth-order valence-corrected chi connectivity index (χ4v) is 2.81. The van der Waals surface area contributed by atoms with E-state index in [9.17, 15) is 22.8 Å². The van der Waals surface area contributed by atoms with Crippen molar-refractivity contribution in [2.24, 2.45) is 0 Å². The van der Waals surface area contributed by atoms with E-state index < -0.39 is 17.6 Å². The summed E-state index contributed by atoms with van der Waals surface area (Å²) in [7, 11) is 1.46. The smallest absolute Gasteiger partial charge is 0.416 e. The van der Waals surface area contributed by atoms with Gasteiger partial charge in [-0.1, -0.05) is 6.07 Å². The van der Waals surface area contributed by atoms with Crippen molar-refractivity contribution in [1.82, 2.24) is 9.88 Å². The van der Waals surface area contributed by atoms with E-state index in [1.807, 2.05) is 0 Å². The van der Waals surface area contributed by atoms with Crippen molar-refractivity contribution in [3.05, 3.63) is 53.7 Å². The summed E-state index contributed by atoms with van der Waals surface area (Å²) < 4.78 is 43.5. The van der Waals surface area contributed by atoms with Crippen molar-refractivity contribution in [1.29, 1.82) is 0 Å². The molecule has 0 unspecified atom stereocenters. The molecule has 6 nitrogen and oxygen atoms in total. The Morgan fingerprint density at radius 1 is 1.19 bits per heavy atom. The van der Waals surface area contributed by atoms with Crippen LogP contribution in [-0.4, -0.2) is 48.4 Å². The molecular weight excluding hydrogens is 363 g/mol. The third kappa shape index (κ3) is 4.02. The fourth-order valence-electron chi connectivity index (χ4n) is 2.81. The maximum atomic E-state index is 12.8. The predicted octanol–water partition coefficient (Wildman–Crippen LogP) is 2.60. The van der Waals surface area contributed by atoms with Crippen molar-refractivity contribution in [3.63, 3.8) is 0 Å². The van der Waals surface area contributed by atoms with E-state index >= 15 is 0 Å². The Labute approximate surface area is 153 Å². The predicted molar refractivity (Wildman–Crippen MR) is 90.5 cm³/mol. The Balaban J connectivity index is 1.74. The van der Waals surface area contributed by atoms with Crippen LogP contribution >= 0.6 is 0 Å². The second kappa shape index (κ2) is 7.26. The number of alkyl halides is 3. The number of methoxy groups -OCH3 is 1. The average molecular weight is 379 g/mol. The largest absolute Gasteiger partial charge is 0.481 e. The number of rotatable bonds is 3.